The number of carbonyl (C=O) groups excluding carboxylic acids is 1. The molecule has 2 aromatic rings. The van der Waals surface area contributed by atoms with Crippen molar-refractivity contribution in [2.24, 2.45) is 0 Å². The smallest absolute Gasteiger partial charge is 0.338 e. The van der Waals surface area contributed by atoms with E-state index in [9.17, 15) is 26.4 Å². The number of rotatable bonds is 2. The normalized spacial score (nSPS) is 20.1. The third-order valence-electron chi connectivity index (χ3n) is 4.64. The number of halogens is 3. The van der Waals surface area contributed by atoms with Crippen molar-refractivity contribution in [3.63, 3.8) is 0 Å². The van der Waals surface area contributed by atoms with E-state index in [1.807, 2.05) is 0 Å². The van der Waals surface area contributed by atoms with Crippen LogP contribution in [0.4, 0.5) is 13.2 Å². The zero-order chi connectivity index (χ0) is 19.7. The van der Waals surface area contributed by atoms with Crippen LogP contribution in [-0.4, -0.2) is 38.1 Å². The highest BCUT2D eigenvalue weighted by atomic mass is 32.2. The van der Waals surface area contributed by atoms with Crippen LogP contribution in [0.5, 0.6) is 0 Å². The molecule has 0 N–H and O–H groups in total. The SMILES string of the molecule is O=C(c1cccc(C(F)(F)F)c1)N1CC[C@H](c2ccccc2)S(=O)(=O)CC1. The van der Waals surface area contributed by atoms with E-state index in [1.54, 1.807) is 30.3 Å². The first-order valence-electron chi connectivity index (χ1n) is 8.41. The van der Waals surface area contributed by atoms with E-state index < -0.39 is 32.7 Å². The maximum absolute atomic E-state index is 12.9. The Labute approximate surface area is 155 Å². The van der Waals surface area contributed by atoms with E-state index in [2.05, 4.69) is 0 Å². The van der Waals surface area contributed by atoms with E-state index in [0.29, 0.717) is 5.56 Å². The summed E-state index contributed by atoms with van der Waals surface area (Å²) in [7, 11) is -3.47. The minimum Gasteiger partial charge on any atom is -0.338 e. The quantitative estimate of drug-likeness (QED) is 0.776. The summed E-state index contributed by atoms with van der Waals surface area (Å²) in [6.45, 7) is 0.120. The number of benzene rings is 2. The third kappa shape index (κ3) is 4.32. The number of hydrogen-bond acceptors (Lipinski definition) is 3. The number of sulfone groups is 1. The molecule has 1 atom stereocenters. The predicted molar refractivity (Wildman–Crippen MR) is 94.9 cm³/mol. The Morgan fingerprint density at radius 2 is 1.70 bits per heavy atom. The van der Waals surface area contributed by atoms with Crippen LogP contribution in [0.15, 0.2) is 54.6 Å². The highest BCUT2D eigenvalue weighted by molar-refractivity contribution is 7.91. The van der Waals surface area contributed by atoms with Crippen LogP contribution >= 0.6 is 0 Å². The van der Waals surface area contributed by atoms with Crippen LogP contribution < -0.4 is 0 Å². The zero-order valence-corrected chi connectivity index (χ0v) is 15.1. The molecule has 8 heteroatoms. The molecule has 0 bridgehead atoms. The number of hydrogen-bond donors (Lipinski definition) is 0. The lowest BCUT2D eigenvalue weighted by Crippen LogP contribution is -2.33. The standard InChI is InChI=1S/C19H18F3NO3S/c20-19(21,22)16-8-4-7-15(13-16)18(24)23-10-9-17(27(25,26)12-11-23)14-5-2-1-3-6-14/h1-8,13,17H,9-12H2/t17-/m1/s1. The second-order valence-corrected chi connectivity index (χ2v) is 8.73. The number of amides is 1. The molecular weight excluding hydrogens is 379 g/mol. The maximum Gasteiger partial charge on any atom is 0.416 e. The molecule has 0 saturated carbocycles. The molecule has 4 nitrogen and oxygen atoms in total. The molecule has 3 rings (SSSR count). The Morgan fingerprint density at radius 1 is 1.00 bits per heavy atom. The fourth-order valence-electron chi connectivity index (χ4n) is 3.20. The Kier molecular flexibility index (Phi) is 5.28. The van der Waals surface area contributed by atoms with Gasteiger partial charge >= 0.3 is 6.18 Å². The van der Waals surface area contributed by atoms with E-state index in [1.165, 1.54) is 17.0 Å². The Balaban J connectivity index is 1.83. The molecule has 1 aliphatic rings. The predicted octanol–water partition coefficient (Wildman–Crippen LogP) is 3.71. The van der Waals surface area contributed by atoms with Gasteiger partial charge in [0.25, 0.3) is 5.91 Å². The van der Waals surface area contributed by atoms with Crippen molar-refractivity contribution < 1.29 is 26.4 Å². The average molecular weight is 397 g/mol. The summed E-state index contributed by atoms with van der Waals surface area (Å²) in [5.74, 6) is -0.818. The Morgan fingerprint density at radius 3 is 2.37 bits per heavy atom. The second-order valence-electron chi connectivity index (χ2n) is 6.43. The molecule has 1 fully saturated rings. The minimum absolute atomic E-state index is 0.0409. The molecule has 27 heavy (non-hydrogen) atoms. The van der Waals surface area contributed by atoms with Crippen LogP contribution in [0, 0.1) is 0 Å². The van der Waals surface area contributed by atoms with Crippen molar-refractivity contribution in [2.75, 3.05) is 18.8 Å². The van der Waals surface area contributed by atoms with Crippen molar-refractivity contribution in [3.05, 3.63) is 71.3 Å². The van der Waals surface area contributed by atoms with Gasteiger partial charge < -0.3 is 4.90 Å². The Bertz CT molecular complexity index is 927. The molecule has 0 unspecified atom stereocenters. The van der Waals surface area contributed by atoms with Gasteiger partial charge in [-0.05, 0) is 30.2 Å². The van der Waals surface area contributed by atoms with E-state index in [0.717, 1.165) is 12.1 Å². The van der Waals surface area contributed by atoms with Crippen LogP contribution in [0.3, 0.4) is 0 Å². The summed E-state index contributed by atoms with van der Waals surface area (Å²) in [5.41, 5.74) is -0.343. The summed E-state index contributed by atoms with van der Waals surface area (Å²) in [4.78, 5) is 14.0. The fraction of sp³-hybridized carbons (Fsp3) is 0.316. The highest BCUT2D eigenvalue weighted by Crippen LogP contribution is 2.31. The van der Waals surface area contributed by atoms with Gasteiger partial charge in [-0.2, -0.15) is 13.2 Å². The van der Waals surface area contributed by atoms with Crippen molar-refractivity contribution >= 4 is 15.7 Å². The minimum atomic E-state index is -4.54. The van der Waals surface area contributed by atoms with Crippen LogP contribution in [0.2, 0.25) is 0 Å². The summed E-state index contributed by atoms with van der Waals surface area (Å²) >= 11 is 0. The van der Waals surface area contributed by atoms with Crippen molar-refractivity contribution in [1.29, 1.82) is 0 Å². The molecule has 2 aromatic carbocycles. The Hall–Kier alpha value is -2.35. The average Bonchev–Trinajstić information content (AvgIpc) is 2.79. The molecule has 1 saturated heterocycles. The van der Waals surface area contributed by atoms with Crippen molar-refractivity contribution in [3.8, 4) is 0 Å². The van der Waals surface area contributed by atoms with Crippen LogP contribution in [0.1, 0.15) is 33.2 Å². The highest BCUT2D eigenvalue weighted by Gasteiger charge is 2.34. The summed E-state index contributed by atoms with van der Waals surface area (Å²) in [5, 5.41) is -0.724. The van der Waals surface area contributed by atoms with Gasteiger partial charge in [0.05, 0.1) is 16.6 Å². The summed E-state index contributed by atoms with van der Waals surface area (Å²) in [6, 6.07) is 12.9. The monoisotopic (exact) mass is 397 g/mol. The van der Waals surface area contributed by atoms with Gasteiger partial charge in [-0.15, -0.1) is 0 Å². The maximum atomic E-state index is 12.9. The second kappa shape index (κ2) is 7.34. The lowest BCUT2D eigenvalue weighted by Gasteiger charge is -2.20. The third-order valence-corrected chi connectivity index (χ3v) is 6.76. The number of carbonyl (C=O) groups is 1. The van der Waals surface area contributed by atoms with Crippen LogP contribution in [-0.2, 0) is 16.0 Å². The van der Waals surface area contributed by atoms with Crippen molar-refractivity contribution in [2.45, 2.75) is 17.8 Å². The van der Waals surface area contributed by atoms with Gasteiger partial charge in [-0.25, -0.2) is 8.42 Å². The lowest BCUT2D eigenvalue weighted by molar-refractivity contribution is -0.137. The van der Waals surface area contributed by atoms with Gasteiger partial charge in [-0.3, -0.25) is 4.79 Å². The molecule has 144 valence electrons. The van der Waals surface area contributed by atoms with E-state index in [-0.39, 0.29) is 30.8 Å². The largest absolute Gasteiger partial charge is 0.416 e. The molecule has 0 radical (unpaired) electrons. The van der Waals surface area contributed by atoms with E-state index >= 15 is 0 Å². The number of alkyl halides is 3. The zero-order valence-electron chi connectivity index (χ0n) is 14.3. The summed E-state index contributed by atoms with van der Waals surface area (Å²) < 4.78 is 63.8. The van der Waals surface area contributed by atoms with Gasteiger partial charge in [0.1, 0.15) is 0 Å². The van der Waals surface area contributed by atoms with E-state index in [4.69, 9.17) is 0 Å². The fourth-order valence-corrected chi connectivity index (χ4v) is 5.00. The molecule has 0 aromatic heterocycles. The lowest BCUT2D eigenvalue weighted by atomic mass is 10.1. The first-order chi connectivity index (χ1) is 12.7. The molecular formula is C19H18F3NO3S. The first-order valence-corrected chi connectivity index (χ1v) is 10.1. The summed E-state index contributed by atoms with van der Waals surface area (Å²) in [6.07, 6.45) is -4.34. The van der Waals surface area contributed by atoms with Crippen LogP contribution in [0.25, 0.3) is 0 Å². The molecule has 1 heterocycles. The molecule has 0 spiro atoms. The van der Waals surface area contributed by atoms with Gasteiger partial charge in [0, 0.05) is 18.7 Å². The van der Waals surface area contributed by atoms with Gasteiger partial charge in [-0.1, -0.05) is 36.4 Å². The molecule has 1 amide bonds. The molecule has 0 aliphatic carbocycles. The topological polar surface area (TPSA) is 54.5 Å². The van der Waals surface area contributed by atoms with Crippen molar-refractivity contribution in [1.82, 2.24) is 4.90 Å². The number of nitrogens with zero attached hydrogens (tertiary/aromatic N) is 1. The first kappa shape index (κ1) is 19.4. The van der Waals surface area contributed by atoms with Gasteiger partial charge in [0.2, 0.25) is 0 Å². The molecule has 1 aliphatic heterocycles. The van der Waals surface area contributed by atoms with Gasteiger partial charge in [0.15, 0.2) is 9.84 Å².